The van der Waals surface area contributed by atoms with E-state index < -0.39 is 0 Å². The molecule has 1 N–H and O–H groups in total. The van der Waals surface area contributed by atoms with Gasteiger partial charge in [0.25, 0.3) is 0 Å². The van der Waals surface area contributed by atoms with Gasteiger partial charge in [0.1, 0.15) is 12.4 Å². The van der Waals surface area contributed by atoms with Gasteiger partial charge in [0.2, 0.25) is 0 Å². The SMILES string of the molecule is CCNCC(C)c1ccc(COc2ccccc2Br)cc1. The van der Waals surface area contributed by atoms with Gasteiger partial charge in [-0.1, -0.05) is 50.2 Å². The Bertz CT molecular complexity index is 553. The Morgan fingerprint density at radius 2 is 1.81 bits per heavy atom. The molecule has 2 nitrogen and oxygen atoms in total. The summed E-state index contributed by atoms with van der Waals surface area (Å²) in [7, 11) is 0. The van der Waals surface area contributed by atoms with Crippen molar-refractivity contribution in [2.75, 3.05) is 13.1 Å². The summed E-state index contributed by atoms with van der Waals surface area (Å²) in [6, 6.07) is 16.6. The van der Waals surface area contributed by atoms with Gasteiger partial charge >= 0.3 is 0 Å². The number of hydrogen-bond donors (Lipinski definition) is 1. The topological polar surface area (TPSA) is 21.3 Å². The fraction of sp³-hybridized carbons (Fsp3) is 0.333. The Balaban J connectivity index is 1.92. The molecule has 1 atom stereocenters. The molecule has 0 aliphatic rings. The van der Waals surface area contributed by atoms with Crippen LogP contribution in [0.5, 0.6) is 5.75 Å². The predicted octanol–water partition coefficient (Wildman–Crippen LogP) is 4.74. The molecule has 2 aromatic carbocycles. The van der Waals surface area contributed by atoms with Crippen LogP contribution in [0, 0.1) is 0 Å². The number of para-hydroxylation sites is 1. The molecule has 0 saturated heterocycles. The maximum atomic E-state index is 5.83. The number of nitrogens with one attached hydrogen (secondary N) is 1. The van der Waals surface area contributed by atoms with Crippen molar-refractivity contribution in [1.29, 1.82) is 0 Å². The van der Waals surface area contributed by atoms with E-state index in [-0.39, 0.29) is 0 Å². The lowest BCUT2D eigenvalue weighted by Crippen LogP contribution is -2.19. The maximum absolute atomic E-state index is 5.83. The van der Waals surface area contributed by atoms with Crippen LogP contribution < -0.4 is 10.1 Å². The van der Waals surface area contributed by atoms with Crippen molar-refractivity contribution >= 4 is 15.9 Å². The van der Waals surface area contributed by atoms with Crippen LogP contribution in [0.3, 0.4) is 0 Å². The van der Waals surface area contributed by atoms with Crippen molar-refractivity contribution in [2.45, 2.75) is 26.4 Å². The number of rotatable bonds is 7. The molecule has 2 aromatic rings. The van der Waals surface area contributed by atoms with Crippen molar-refractivity contribution < 1.29 is 4.74 Å². The molecule has 0 amide bonds. The third-order valence-corrected chi connectivity index (χ3v) is 4.14. The van der Waals surface area contributed by atoms with Crippen molar-refractivity contribution in [1.82, 2.24) is 5.32 Å². The zero-order chi connectivity index (χ0) is 15.1. The predicted molar refractivity (Wildman–Crippen MR) is 91.9 cm³/mol. The minimum atomic E-state index is 0.531. The van der Waals surface area contributed by atoms with Gasteiger partial charge < -0.3 is 10.1 Å². The van der Waals surface area contributed by atoms with Crippen LogP contribution in [0.2, 0.25) is 0 Å². The summed E-state index contributed by atoms with van der Waals surface area (Å²) in [4.78, 5) is 0. The second-order valence-electron chi connectivity index (χ2n) is 5.17. The standard InChI is InChI=1S/C18H22BrNO/c1-3-20-12-14(2)16-10-8-15(9-11-16)13-21-18-7-5-4-6-17(18)19/h4-11,14,20H,3,12-13H2,1-2H3. The Morgan fingerprint density at radius 1 is 1.10 bits per heavy atom. The smallest absolute Gasteiger partial charge is 0.133 e. The molecule has 0 fully saturated rings. The third-order valence-electron chi connectivity index (χ3n) is 3.48. The Kier molecular flexibility index (Phi) is 6.27. The molecule has 0 aliphatic carbocycles. The van der Waals surface area contributed by atoms with Crippen molar-refractivity contribution in [3.63, 3.8) is 0 Å². The van der Waals surface area contributed by atoms with Crippen LogP contribution in [0.15, 0.2) is 53.0 Å². The molecule has 1 unspecified atom stereocenters. The van der Waals surface area contributed by atoms with Gasteiger partial charge in [0, 0.05) is 6.54 Å². The Hall–Kier alpha value is -1.32. The molecule has 0 spiro atoms. The second-order valence-corrected chi connectivity index (χ2v) is 6.02. The normalized spacial score (nSPS) is 12.1. The van der Waals surface area contributed by atoms with E-state index in [0.29, 0.717) is 12.5 Å². The van der Waals surface area contributed by atoms with Crippen LogP contribution in [-0.4, -0.2) is 13.1 Å². The number of benzene rings is 2. The van der Waals surface area contributed by atoms with Gasteiger partial charge in [0.15, 0.2) is 0 Å². The lowest BCUT2D eigenvalue weighted by molar-refractivity contribution is 0.304. The van der Waals surface area contributed by atoms with E-state index in [4.69, 9.17) is 4.74 Å². The minimum absolute atomic E-state index is 0.531. The summed E-state index contributed by atoms with van der Waals surface area (Å²) in [5, 5.41) is 3.38. The molecule has 0 aromatic heterocycles. The summed E-state index contributed by atoms with van der Waals surface area (Å²) in [6.45, 7) is 7.00. The van der Waals surface area contributed by atoms with E-state index in [1.807, 2.05) is 24.3 Å². The molecule has 2 rings (SSSR count). The van der Waals surface area contributed by atoms with Crippen LogP contribution in [0.25, 0.3) is 0 Å². The summed E-state index contributed by atoms with van der Waals surface area (Å²) in [5.41, 5.74) is 2.55. The van der Waals surface area contributed by atoms with Gasteiger partial charge in [0.05, 0.1) is 4.47 Å². The van der Waals surface area contributed by atoms with Crippen LogP contribution >= 0.6 is 15.9 Å². The molecule has 21 heavy (non-hydrogen) atoms. The quantitative estimate of drug-likeness (QED) is 0.780. The highest BCUT2D eigenvalue weighted by Gasteiger charge is 2.05. The van der Waals surface area contributed by atoms with Gasteiger partial charge in [-0.2, -0.15) is 0 Å². The lowest BCUT2D eigenvalue weighted by Gasteiger charge is -2.13. The molecule has 0 radical (unpaired) electrons. The van der Waals surface area contributed by atoms with E-state index in [1.165, 1.54) is 11.1 Å². The molecule has 0 saturated carbocycles. The number of hydrogen-bond acceptors (Lipinski definition) is 2. The van der Waals surface area contributed by atoms with Crippen molar-refractivity contribution in [3.05, 3.63) is 64.1 Å². The fourth-order valence-corrected chi connectivity index (χ4v) is 2.54. The minimum Gasteiger partial charge on any atom is -0.488 e. The highest BCUT2D eigenvalue weighted by atomic mass is 79.9. The first kappa shape index (κ1) is 16.1. The van der Waals surface area contributed by atoms with Gasteiger partial charge in [-0.15, -0.1) is 0 Å². The van der Waals surface area contributed by atoms with E-state index in [1.54, 1.807) is 0 Å². The highest BCUT2D eigenvalue weighted by Crippen LogP contribution is 2.25. The molecule has 112 valence electrons. The van der Waals surface area contributed by atoms with Crippen LogP contribution in [0.4, 0.5) is 0 Å². The summed E-state index contributed by atoms with van der Waals surface area (Å²) >= 11 is 3.49. The second kappa shape index (κ2) is 8.20. The molecular formula is C18H22BrNO. The van der Waals surface area contributed by atoms with E-state index in [0.717, 1.165) is 23.3 Å². The molecule has 0 aliphatic heterocycles. The third kappa shape index (κ3) is 4.87. The van der Waals surface area contributed by atoms with Crippen molar-refractivity contribution in [3.8, 4) is 5.75 Å². The van der Waals surface area contributed by atoms with Crippen LogP contribution in [0.1, 0.15) is 30.9 Å². The zero-order valence-electron chi connectivity index (χ0n) is 12.6. The first-order chi connectivity index (χ1) is 10.2. The van der Waals surface area contributed by atoms with E-state index in [2.05, 4.69) is 59.4 Å². The van der Waals surface area contributed by atoms with Crippen molar-refractivity contribution in [2.24, 2.45) is 0 Å². The van der Waals surface area contributed by atoms with Gasteiger partial charge in [-0.25, -0.2) is 0 Å². The average Bonchev–Trinajstić information content (AvgIpc) is 2.52. The average molecular weight is 348 g/mol. The Morgan fingerprint density at radius 3 is 2.48 bits per heavy atom. The first-order valence-electron chi connectivity index (χ1n) is 7.37. The summed E-state index contributed by atoms with van der Waals surface area (Å²) < 4.78 is 6.82. The first-order valence-corrected chi connectivity index (χ1v) is 8.17. The molecular weight excluding hydrogens is 326 g/mol. The largest absolute Gasteiger partial charge is 0.488 e. The maximum Gasteiger partial charge on any atom is 0.133 e. The number of halogens is 1. The van der Waals surface area contributed by atoms with E-state index >= 15 is 0 Å². The number of ether oxygens (including phenoxy) is 1. The molecule has 0 bridgehead atoms. The lowest BCUT2D eigenvalue weighted by atomic mass is 10.00. The summed E-state index contributed by atoms with van der Waals surface area (Å²) in [6.07, 6.45) is 0. The zero-order valence-corrected chi connectivity index (χ0v) is 14.2. The highest BCUT2D eigenvalue weighted by molar-refractivity contribution is 9.10. The summed E-state index contributed by atoms with van der Waals surface area (Å²) in [5.74, 6) is 1.41. The monoisotopic (exact) mass is 347 g/mol. The fourth-order valence-electron chi connectivity index (χ4n) is 2.14. The van der Waals surface area contributed by atoms with E-state index in [9.17, 15) is 0 Å². The Labute approximate surface area is 135 Å². The van der Waals surface area contributed by atoms with Gasteiger partial charge in [-0.3, -0.25) is 0 Å². The number of likely N-dealkylation sites (N-methyl/N-ethyl adjacent to an activating group) is 1. The van der Waals surface area contributed by atoms with Gasteiger partial charge in [-0.05, 0) is 51.7 Å². The van der Waals surface area contributed by atoms with Crippen LogP contribution in [-0.2, 0) is 6.61 Å². The molecule has 3 heteroatoms. The molecule has 0 heterocycles.